The minimum atomic E-state index is -0.816. The fourth-order valence-corrected chi connectivity index (χ4v) is 3.41. The number of methoxy groups -OCH3 is 1. The average Bonchev–Trinajstić information content (AvgIpc) is 3.16. The van der Waals surface area contributed by atoms with Gasteiger partial charge in [0.15, 0.2) is 11.6 Å². The van der Waals surface area contributed by atoms with Crippen LogP contribution < -0.4 is 9.47 Å². The van der Waals surface area contributed by atoms with Gasteiger partial charge in [-0.1, -0.05) is 0 Å². The largest absolute Gasteiger partial charge is 0.491 e. The molecule has 1 heterocycles. The van der Waals surface area contributed by atoms with E-state index in [0.717, 1.165) is 12.1 Å². The fourth-order valence-electron chi connectivity index (χ4n) is 3.41. The van der Waals surface area contributed by atoms with E-state index in [1.54, 1.807) is 45.0 Å². The summed E-state index contributed by atoms with van der Waals surface area (Å²) in [4.78, 5) is 25.8. The number of carbonyl (C=O) groups excluding carboxylic acids is 2. The molecular formula is C24H27F2NO6. The lowest BCUT2D eigenvalue weighted by Gasteiger charge is -2.28. The number of nitrogens with zero attached hydrogens (tertiary/aromatic N) is 1. The highest BCUT2D eigenvalue weighted by atomic mass is 19.1. The van der Waals surface area contributed by atoms with Gasteiger partial charge in [0.2, 0.25) is 0 Å². The highest BCUT2D eigenvalue weighted by molar-refractivity contribution is 5.89. The standard InChI is InChI=1S/C24H27F2NO6/c1-24(2,3)33-23(29)27-13-19(32-21-10-7-16(25)11-20(21)26)12-17(27)14-31-18-8-5-15(6-9-18)22(28)30-4/h5-11,17,19H,12-14H2,1-4H3. The van der Waals surface area contributed by atoms with Gasteiger partial charge in [-0.3, -0.25) is 4.90 Å². The van der Waals surface area contributed by atoms with Crippen LogP contribution in [-0.4, -0.2) is 55.0 Å². The van der Waals surface area contributed by atoms with Crippen LogP contribution in [0.15, 0.2) is 42.5 Å². The molecule has 0 aromatic heterocycles. The molecule has 33 heavy (non-hydrogen) atoms. The molecule has 1 aliphatic heterocycles. The predicted octanol–water partition coefficient (Wildman–Crippen LogP) is 4.59. The molecule has 0 bridgehead atoms. The molecule has 3 rings (SSSR count). The van der Waals surface area contributed by atoms with Crippen LogP contribution in [0.5, 0.6) is 11.5 Å². The molecule has 7 nitrogen and oxygen atoms in total. The fraction of sp³-hybridized carbons (Fsp3) is 0.417. The number of ether oxygens (including phenoxy) is 4. The van der Waals surface area contributed by atoms with Crippen molar-refractivity contribution in [3.05, 3.63) is 59.7 Å². The second-order valence-corrected chi connectivity index (χ2v) is 8.66. The van der Waals surface area contributed by atoms with Crippen LogP contribution in [0.25, 0.3) is 0 Å². The number of likely N-dealkylation sites (tertiary alicyclic amines) is 1. The Morgan fingerprint density at radius 2 is 1.79 bits per heavy atom. The van der Waals surface area contributed by atoms with Gasteiger partial charge >= 0.3 is 12.1 Å². The molecule has 2 aromatic rings. The minimum absolute atomic E-state index is 0.0921. The van der Waals surface area contributed by atoms with Crippen molar-refractivity contribution in [3.8, 4) is 11.5 Å². The van der Waals surface area contributed by atoms with Crippen molar-refractivity contribution >= 4 is 12.1 Å². The van der Waals surface area contributed by atoms with Crippen LogP contribution in [0.4, 0.5) is 13.6 Å². The Balaban J connectivity index is 1.70. The predicted molar refractivity (Wildman–Crippen MR) is 115 cm³/mol. The number of halogens is 2. The average molecular weight is 463 g/mol. The number of carbonyl (C=O) groups is 2. The van der Waals surface area contributed by atoms with Crippen LogP contribution in [0.3, 0.4) is 0 Å². The van der Waals surface area contributed by atoms with Crippen LogP contribution >= 0.6 is 0 Å². The molecule has 2 aromatic carbocycles. The van der Waals surface area contributed by atoms with Crippen molar-refractivity contribution in [2.75, 3.05) is 20.3 Å². The van der Waals surface area contributed by atoms with Gasteiger partial charge in [-0.05, 0) is 57.2 Å². The van der Waals surface area contributed by atoms with E-state index in [9.17, 15) is 18.4 Å². The van der Waals surface area contributed by atoms with Gasteiger partial charge in [-0.25, -0.2) is 18.4 Å². The van der Waals surface area contributed by atoms with Crippen LogP contribution in [0, 0.1) is 11.6 Å². The molecule has 0 radical (unpaired) electrons. The van der Waals surface area contributed by atoms with E-state index in [1.807, 2.05) is 0 Å². The maximum Gasteiger partial charge on any atom is 0.410 e. The van der Waals surface area contributed by atoms with E-state index in [4.69, 9.17) is 14.2 Å². The van der Waals surface area contributed by atoms with Gasteiger partial charge in [0, 0.05) is 12.5 Å². The highest BCUT2D eigenvalue weighted by Gasteiger charge is 2.39. The highest BCUT2D eigenvalue weighted by Crippen LogP contribution is 2.28. The first-order chi connectivity index (χ1) is 15.6. The summed E-state index contributed by atoms with van der Waals surface area (Å²) >= 11 is 0. The molecule has 0 spiro atoms. The summed E-state index contributed by atoms with van der Waals surface area (Å²) in [6.07, 6.45) is -0.716. The number of hydrogen-bond donors (Lipinski definition) is 0. The van der Waals surface area contributed by atoms with E-state index in [-0.39, 0.29) is 18.9 Å². The second kappa shape index (κ2) is 10.1. The molecule has 2 unspecified atom stereocenters. The normalized spacial score (nSPS) is 18.1. The van der Waals surface area contributed by atoms with E-state index in [0.29, 0.717) is 17.7 Å². The molecule has 1 saturated heterocycles. The topological polar surface area (TPSA) is 74.3 Å². The molecule has 2 atom stereocenters. The molecule has 1 amide bonds. The summed E-state index contributed by atoms with van der Waals surface area (Å²) in [6, 6.07) is 9.06. The van der Waals surface area contributed by atoms with Gasteiger partial charge in [-0.2, -0.15) is 0 Å². The molecule has 0 N–H and O–H groups in total. The quantitative estimate of drug-likeness (QED) is 0.584. The van der Waals surface area contributed by atoms with Crippen molar-refractivity contribution < 1.29 is 37.3 Å². The zero-order valence-electron chi connectivity index (χ0n) is 19.0. The number of hydrogen-bond acceptors (Lipinski definition) is 6. The van der Waals surface area contributed by atoms with Crippen molar-refractivity contribution in [1.82, 2.24) is 4.90 Å². The first-order valence-corrected chi connectivity index (χ1v) is 10.5. The second-order valence-electron chi connectivity index (χ2n) is 8.66. The molecule has 0 aliphatic carbocycles. The van der Waals surface area contributed by atoms with E-state index in [2.05, 4.69) is 4.74 Å². The Kier molecular flexibility index (Phi) is 7.40. The zero-order valence-corrected chi connectivity index (χ0v) is 19.0. The summed E-state index contributed by atoms with van der Waals surface area (Å²) < 4.78 is 48.9. The molecule has 1 aliphatic rings. The van der Waals surface area contributed by atoms with E-state index >= 15 is 0 Å². The number of esters is 1. The molecule has 0 saturated carbocycles. The molecular weight excluding hydrogens is 436 g/mol. The van der Waals surface area contributed by atoms with Gasteiger partial charge in [-0.15, -0.1) is 0 Å². The Hall–Kier alpha value is -3.36. The Morgan fingerprint density at radius 1 is 1.09 bits per heavy atom. The van der Waals surface area contributed by atoms with E-state index < -0.39 is 41.4 Å². The summed E-state index contributed by atoms with van der Waals surface area (Å²) in [5.74, 6) is -1.57. The van der Waals surface area contributed by atoms with Crippen molar-refractivity contribution in [3.63, 3.8) is 0 Å². The summed E-state index contributed by atoms with van der Waals surface area (Å²) in [5, 5.41) is 0. The lowest BCUT2D eigenvalue weighted by molar-refractivity contribution is 0.0176. The smallest absolute Gasteiger partial charge is 0.410 e. The van der Waals surface area contributed by atoms with Gasteiger partial charge in [0.1, 0.15) is 29.9 Å². The van der Waals surface area contributed by atoms with E-state index in [1.165, 1.54) is 18.1 Å². The van der Waals surface area contributed by atoms with Crippen LogP contribution in [0.2, 0.25) is 0 Å². The Morgan fingerprint density at radius 3 is 2.39 bits per heavy atom. The summed E-state index contributed by atoms with van der Waals surface area (Å²) in [7, 11) is 1.30. The number of amides is 1. The van der Waals surface area contributed by atoms with Crippen molar-refractivity contribution in [1.29, 1.82) is 0 Å². The van der Waals surface area contributed by atoms with Crippen LogP contribution in [0.1, 0.15) is 37.6 Å². The third kappa shape index (κ3) is 6.57. The molecule has 178 valence electrons. The van der Waals surface area contributed by atoms with Gasteiger partial charge < -0.3 is 18.9 Å². The lowest BCUT2D eigenvalue weighted by Crippen LogP contribution is -2.42. The maximum absolute atomic E-state index is 14.0. The van der Waals surface area contributed by atoms with Gasteiger partial charge in [0.25, 0.3) is 0 Å². The van der Waals surface area contributed by atoms with Gasteiger partial charge in [0.05, 0.1) is 25.3 Å². The Labute approximate surface area is 191 Å². The van der Waals surface area contributed by atoms with Crippen LogP contribution in [-0.2, 0) is 9.47 Å². The molecule has 1 fully saturated rings. The lowest BCUT2D eigenvalue weighted by atomic mass is 10.2. The monoisotopic (exact) mass is 463 g/mol. The minimum Gasteiger partial charge on any atom is -0.491 e. The maximum atomic E-state index is 14.0. The van der Waals surface area contributed by atoms with Crippen molar-refractivity contribution in [2.24, 2.45) is 0 Å². The zero-order chi connectivity index (χ0) is 24.2. The number of rotatable bonds is 6. The first kappa shape index (κ1) is 24.3. The van der Waals surface area contributed by atoms with Crippen molar-refractivity contribution in [2.45, 2.75) is 44.9 Å². The summed E-state index contributed by atoms with van der Waals surface area (Å²) in [5.41, 5.74) is -0.315. The first-order valence-electron chi connectivity index (χ1n) is 10.5. The third-order valence-corrected chi connectivity index (χ3v) is 4.91. The molecule has 9 heteroatoms. The summed E-state index contributed by atoms with van der Waals surface area (Å²) in [6.45, 7) is 5.56. The Bertz CT molecular complexity index is 989. The SMILES string of the molecule is COC(=O)c1ccc(OCC2CC(Oc3ccc(F)cc3F)CN2C(=O)OC(C)(C)C)cc1. The number of benzene rings is 2. The third-order valence-electron chi connectivity index (χ3n) is 4.91.